The maximum Gasteiger partial charge on any atom is 0.287 e. The van der Waals surface area contributed by atoms with Crippen LogP contribution in [0.4, 0.5) is 0 Å². The van der Waals surface area contributed by atoms with Crippen molar-refractivity contribution in [2.24, 2.45) is 5.73 Å². The number of aryl methyl sites for hydroxylation is 1. The standard InChI is InChI=1S/C9H14N2O2/c1-6-3-8(13-5-6)9(12)11-4-7(2)10/h3,5,7H,4,10H2,1-2H3,(H,11,12). The predicted molar refractivity (Wildman–Crippen MR) is 49.4 cm³/mol. The van der Waals surface area contributed by atoms with Crippen LogP contribution in [0.25, 0.3) is 0 Å². The summed E-state index contributed by atoms with van der Waals surface area (Å²) >= 11 is 0. The van der Waals surface area contributed by atoms with Crippen molar-refractivity contribution >= 4 is 5.91 Å². The number of amides is 1. The molecule has 1 atom stereocenters. The van der Waals surface area contributed by atoms with Crippen LogP contribution in [0.1, 0.15) is 23.0 Å². The third kappa shape index (κ3) is 2.91. The number of nitrogens with two attached hydrogens (primary N) is 1. The second kappa shape index (κ2) is 4.09. The van der Waals surface area contributed by atoms with Crippen LogP contribution in [0.2, 0.25) is 0 Å². The minimum atomic E-state index is -0.217. The van der Waals surface area contributed by atoms with E-state index in [1.807, 2.05) is 13.8 Å². The van der Waals surface area contributed by atoms with Gasteiger partial charge in [-0.05, 0) is 25.5 Å². The van der Waals surface area contributed by atoms with Crippen molar-refractivity contribution in [3.63, 3.8) is 0 Å². The molecule has 4 nitrogen and oxygen atoms in total. The third-order valence-corrected chi connectivity index (χ3v) is 1.54. The van der Waals surface area contributed by atoms with Crippen LogP contribution in [0.15, 0.2) is 16.7 Å². The fourth-order valence-corrected chi connectivity index (χ4v) is 0.891. The van der Waals surface area contributed by atoms with Gasteiger partial charge in [-0.1, -0.05) is 0 Å². The molecule has 4 heteroatoms. The zero-order valence-corrected chi connectivity index (χ0v) is 7.83. The molecule has 3 N–H and O–H groups in total. The molecule has 1 rings (SSSR count). The first-order chi connectivity index (χ1) is 6.09. The van der Waals surface area contributed by atoms with E-state index in [4.69, 9.17) is 10.2 Å². The summed E-state index contributed by atoms with van der Waals surface area (Å²) in [5, 5.41) is 2.65. The molecule has 0 fully saturated rings. The van der Waals surface area contributed by atoms with Gasteiger partial charge >= 0.3 is 0 Å². The quantitative estimate of drug-likeness (QED) is 0.721. The first kappa shape index (κ1) is 9.80. The maximum absolute atomic E-state index is 11.3. The number of carbonyl (C=O) groups excluding carboxylic acids is 1. The maximum atomic E-state index is 11.3. The van der Waals surface area contributed by atoms with Gasteiger partial charge in [-0.15, -0.1) is 0 Å². The molecule has 0 aliphatic carbocycles. The molecule has 1 amide bonds. The van der Waals surface area contributed by atoms with E-state index in [9.17, 15) is 4.79 Å². The Morgan fingerprint density at radius 3 is 2.92 bits per heavy atom. The highest BCUT2D eigenvalue weighted by Gasteiger charge is 2.09. The number of carbonyl (C=O) groups is 1. The summed E-state index contributed by atoms with van der Waals surface area (Å²) in [5.74, 6) is 0.114. The third-order valence-electron chi connectivity index (χ3n) is 1.54. The molecule has 0 aromatic carbocycles. The highest BCUT2D eigenvalue weighted by molar-refractivity contribution is 5.91. The monoisotopic (exact) mass is 182 g/mol. The number of hydrogen-bond acceptors (Lipinski definition) is 3. The number of furan rings is 1. The molecule has 1 heterocycles. The Kier molecular flexibility index (Phi) is 3.08. The predicted octanol–water partition coefficient (Wildman–Crippen LogP) is 0.665. The zero-order valence-electron chi connectivity index (χ0n) is 7.83. The van der Waals surface area contributed by atoms with Crippen molar-refractivity contribution in [1.82, 2.24) is 5.32 Å². The molecule has 0 spiro atoms. The summed E-state index contributed by atoms with van der Waals surface area (Å²) in [7, 11) is 0. The Morgan fingerprint density at radius 2 is 2.46 bits per heavy atom. The van der Waals surface area contributed by atoms with Gasteiger partial charge in [-0.2, -0.15) is 0 Å². The van der Waals surface area contributed by atoms with Crippen LogP contribution in [-0.4, -0.2) is 18.5 Å². The molecule has 1 aromatic rings. The van der Waals surface area contributed by atoms with Gasteiger partial charge < -0.3 is 15.5 Å². The molecule has 13 heavy (non-hydrogen) atoms. The van der Waals surface area contributed by atoms with Crippen LogP contribution >= 0.6 is 0 Å². The fraction of sp³-hybridized carbons (Fsp3) is 0.444. The number of nitrogens with one attached hydrogen (secondary N) is 1. The van der Waals surface area contributed by atoms with Gasteiger partial charge in [0.25, 0.3) is 5.91 Å². The molecule has 72 valence electrons. The van der Waals surface area contributed by atoms with E-state index in [1.165, 1.54) is 0 Å². The molecule has 0 saturated heterocycles. The Hall–Kier alpha value is -1.29. The summed E-state index contributed by atoms with van der Waals surface area (Å²) in [6, 6.07) is 1.65. The van der Waals surface area contributed by atoms with Crippen molar-refractivity contribution in [2.75, 3.05) is 6.54 Å². The van der Waals surface area contributed by atoms with Crippen LogP contribution < -0.4 is 11.1 Å². The van der Waals surface area contributed by atoms with Crippen molar-refractivity contribution < 1.29 is 9.21 Å². The smallest absolute Gasteiger partial charge is 0.287 e. The Balaban J connectivity index is 2.49. The van der Waals surface area contributed by atoms with E-state index in [2.05, 4.69) is 5.32 Å². The molecular formula is C9H14N2O2. The second-order valence-electron chi connectivity index (χ2n) is 3.18. The molecule has 0 aliphatic rings. The van der Waals surface area contributed by atoms with Gasteiger partial charge in [0.15, 0.2) is 5.76 Å². The van der Waals surface area contributed by atoms with E-state index in [0.29, 0.717) is 12.3 Å². The van der Waals surface area contributed by atoms with Crippen LogP contribution in [0, 0.1) is 6.92 Å². The lowest BCUT2D eigenvalue weighted by Crippen LogP contribution is -2.34. The zero-order chi connectivity index (χ0) is 9.84. The second-order valence-corrected chi connectivity index (χ2v) is 3.18. The number of hydrogen-bond donors (Lipinski definition) is 2. The first-order valence-corrected chi connectivity index (χ1v) is 4.18. The van der Waals surface area contributed by atoms with Crippen LogP contribution in [-0.2, 0) is 0 Å². The van der Waals surface area contributed by atoms with E-state index < -0.39 is 0 Å². The van der Waals surface area contributed by atoms with Gasteiger partial charge in [0, 0.05) is 12.6 Å². The van der Waals surface area contributed by atoms with Gasteiger partial charge in [-0.25, -0.2) is 0 Å². The average molecular weight is 182 g/mol. The highest BCUT2D eigenvalue weighted by atomic mass is 16.3. The Labute approximate surface area is 77.1 Å². The summed E-state index contributed by atoms with van der Waals surface area (Å²) in [6.07, 6.45) is 1.54. The van der Waals surface area contributed by atoms with E-state index >= 15 is 0 Å². The van der Waals surface area contributed by atoms with Gasteiger partial charge in [0.2, 0.25) is 0 Å². The van der Waals surface area contributed by atoms with Gasteiger partial charge in [0.05, 0.1) is 6.26 Å². The summed E-state index contributed by atoms with van der Waals surface area (Å²) in [4.78, 5) is 11.3. The Morgan fingerprint density at radius 1 is 1.77 bits per heavy atom. The molecule has 0 bridgehead atoms. The first-order valence-electron chi connectivity index (χ1n) is 4.18. The highest BCUT2D eigenvalue weighted by Crippen LogP contribution is 2.05. The SMILES string of the molecule is Cc1coc(C(=O)NCC(C)N)c1. The van der Waals surface area contributed by atoms with Crippen molar-refractivity contribution in [1.29, 1.82) is 0 Å². The summed E-state index contributed by atoms with van der Waals surface area (Å²) in [5.41, 5.74) is 6.41. The fourth-order valence-electron chi connectivity index (χ4n) is 0.891. The molecule has 1 aromatic heterocycles. The minimum absolute atomic E-state index is 0.0417. The lowest BCUT2D eigenvalue weighted by Gasteiger charge is -2.05. The minimum Gasteiger partial charge on any atom is -0.459 e. The van der Waals surface area contributed by atoms with E-state index in [-0.39, 0.29) is 11.9 Å². The number of rotatable bonds is 3. The van der Waals surface area contributed by atoms with E-state index in [0.717, 1.165) is 5.56 Å². The van der Waals surface area contributed by atoms with E-state index in [1.54, 1.807) is 12.3 Å². The van der Waals surface area contributed by atoms with Gasteiger partial charge in [0.1, 0.15) is 0 Å². The lowest BCUT2D eigenvalue weighted by atomic mass is 10.3. The topological polar surface area (TPSA) is 68.3 Å². The van der Waals surface area contributed by atoms with Crippen molar-refractivity contribution in [2.45, 2.75) is 19.9 Å². The molecule has 0 radical (unpaired) electrons. The van der Waals surface area contributed by atoms with Gasteiger partial charge in [-0.3, -0.25) is 4.79 Å². The molecule has 0 aliphatic heterocycles. The lowest BCUT2D eigenvalue weighted by molar-refractivity contribution is 0.0924. The molecule has 1 unspecified atom stereocenters. The van der Waals surface area contributed by atoms with Crippen LogP contribution in [0.3, 0.4) is 0 Å². The van der Waals surface area contributed by atoms with Crippen LogP contribution in [0.5, 0.6) is 0 Å². The Bertz CT molecular complexity index is 292. The summed E-state index contributed by atoms with van der Waals surface area (Å²) in [6.45, 7) is 4.15. The molecule has 0 saturated carbocycles. The largest absolute Gasteiger partial charge is 0.459 e. The van der Waals surface area contributed by atoms with Crippen molar-refractivity contribution in [3.05, 3.63) is 23.7 Å². The van der Waals surface area contributed by atoms with Crippen molar-refractivity contribution in [3.8, 4) is 0 Å². The average Bonchev–Trinajstić information content (AvgIpc) is 2.47. The summed E-state index contributed by atoms with van der Waals surface area (Å²) < 4.78 is 5.01. The molecular weight excluding hydrogens is 168 g/mol. The normalized spacial score (nSPS) is 12.5.